The molecule has 0 atom stereocenters. The molecule has 0 aliphatic heterocycles. The van der Waals surface area contributed by atoms with Crippen molar-refractivity contribution in [2.45, 2.75) is 13.5 Å². The van der Waals surface area contributed by atoms with Gasteiger partial charge in [-0.15, -0.1) is 0 Å². The van der Waals surface area contributed by atoms with E-state index in [1.54, 1.807) is 48.7 Å². The molecule has 0 fully saturated rings. The fourth-order valence-corrected chi connectivity index (χ4v) is 5.63. The highest BCUT2D eigenvalue weighted by atomic mass is 127. The molecule has 210 valence electrons. The van der Waals surface area contributed by atoms with Gasteiger partial charge in [-0.1, -0.05) is 46.3 Å². The first-order valence-corrected chi connectivity index (χ1v) is 14.9. The number of benzene rings is 4. The Balaban J connectivity index is 1.41. The summed E-state index contributed by atoms with van der Waals surface area (Å²) in [4.78, 5) is 18.4. The molecule has 0 spiro atoms. The number of fused-ring (bicyclic) bond motifs is 2. The van der Waals surface area contributed by atoms with Gasteiger partial charge in [-0.05, 0) is 89.7 Å². The summed E-state index contributed by atoms with van der Waals surface area (Å²) in [6.45, 7) is 2.31. The maximum absolute atomic E-state index is 14.2. The third-order valence-electron chi connectivity index (χ3n) is 6.44. The van der Waals surface area contributed by atoms with E-state index in [0.717, 1.165) is 13.4 Å². The first-order chi connectivity index (χ1) is 20.4. The Labute approximate surface area is 261 Å². The van der Waals surface area contributed by atoms with Crippen molar-refractivity contribution in [3.05, 3.63) is 120 Å². The van der Waals surface area contributed by atoms with Gasteiger partial charge in [0.1, 0.15) is 18.0 Å². The third kappa shape index (κ3) is 5.68. The molecule has 7 nitrogen and oxygen atoms in total. The van der Waals surface area contributed by atoms with E-state index >= 15 is 0 Å². The lowest BCUT2D eigenvalue weighted by Gasteiger charge is -2.15. The minimum absolute atomic E-state index is 0.0474. The lowest BCUT2D eigenvalue weighted by atomic mass is 10.2. The third-order valence-corrected chi connectivity index (χ3v) is 7.73. The van der Waals surface area contributed by atoms with Gasteiger partial charge < -0.3 is 13.9 Å². The maximum Gasteiger partial charge on any atom is 0.282 e. The molecule has 10 heteroatoms. The number of nitrogens with zero attached hydrogens (tertiary/aromatic N) is 3. The van der Waals surface area contributed by atoms with Crippen LogP contribution in [0.5, 0.6) is 11.5 Å². The summed E-state index contributed by atoms with van der Waals surface area (Å²) < 4.78 is 35.0. The van der Waals surface area contributed by atoms with E-state index in [9.17, 15) is 9.18 Å². The molecular formula is C32H22BrFIN3O4. The zero-order chi connectivity index (χ0) is 29.2. The van der Waals surface area contributed by atoms with Gasteiger partial charge in [0.15, 0.2) is 17.3 Å². The average Bonchev–Trinajstić information content (AvgIpc) is 3.40. The molecule has 6 aromatic rings. The minimum atomic E-state index is -0.337. The number of aromatic nitrogens is 2. The highest BCUT2D eigenvalue weighted by Gasteiger charge is 2.17. The first kappa shape index (κ1) is 28.1. The lowest BCUT2D eigenvalue weighted by Crippen LogP contribution is -2.20. The molecule has 2 heterocycles. The van der Waals surface area contributed by atoms with Crippen molar-refractivity contribution in [2.24, 2.45) is 5.10 Å². The fourth-order valence-electron chi connectivity index (χ4n) is 4.47. The van der Waals surface area contributed by atoms with Crippen LogP contribution < -0.4 is 15.0 Å². The molecule has 0 bridgehead atoms. The molecule has 6 rings (SSSR count). The number of ether oxygens (including phenoxy) is 2. The molecule has 4 aromatic carbocycles. The Kier molecular flexibility index (Phi) is 8.07. The van der Waals surface area contributed by atoms with E-state index in [-0.39, 0.29) is 23.8 Å². The predicted molar refractivity (Wildman–Crippen MR) is 173 cm³/mol. The standard InChI is InChI=1S/C32H22BrFIN3O4/c1-2-40-28-14-19(13-25(35)30(28)41-18-20-7-3-5-9-24(20)34)17-36-38-31(37-26-10-6-4-8-23(26)32(38)39)29-16-21-15-22(33)11-12-27(21)42-29/h3-17H,2,18H2,1H3. The number of hydrogen-bond donors (Lipinski definition) is 0. The molecule has 0 radical (unpaired) electrons. The summed E-state index contributed by atoms with van der Waals surface area (Å²) in [6, 6.07) is 24.7. The topological polar surface area (TPSA) is 78.9 Å². The van der Waals surface area contributed by atoms with Crippen LogP contribution in [0.3, 0.4) is 0 Å². The molecule has 0 N–H and O–H groups in total. The minimum Gasteiger partial charge on any atom is -0.490 e. The zero-order valence-corrected chi connectivity index (χ0v) is 25.9. The van der Waals surface area contributed by atoms with Gasteiger partial charge in [0.05, 0.1) is 27.3 Å². The van der Waals surface area contributed by atoms with Crippen molar-refractivity contribution in [1.29, 1.82) is 0 Å². The molecule has 2 aromatic heterocycles. The van der Waals surface area contributed by atoms with E-state index in [1.807, 2.05) is 43.3 Å². The molecule has 0 saturated heterocycles. The van der Waals surface area contributed by atoms with Gasteiger partial charge in [0.25, 0.3) is 5.56 Å². The van der Waals surface area contributed by atoms with E-state index in [1.165, 1.54) is 10.7 Å². The Morgan fingerprint density at radius 2 is 1.86 bits per heavy atom. The van der Waals surface area contributed by atoms with Crippen LogP contribution in [-0.4, -0.2) is 22.5 Å². The van der Waals surface area contributed by atoms with Gasteiger partial charge in [0.2, 0.25) is 5.82 Å². The molecule has 0 unspecified atom stereocenters. The van der Waals surface area contributed by atoms with Crippen LogP contribution in [0.2, 0.25) is 0 Å². The summed E-state index contributed by atoms with van der Waals surface area (Å²) in [5, 5.41) is 5.86. The van der Waals surface area contributed by atoms with Crippen molar-refractivity contribution in [1.82, 2.24) is 9.66 Å². The van der Waals surface area contributed by atoms with E-state index in [0.29, 0.717) is 51.5 Å². The van der Waals surface area contributed by atoms with Gasteiger partial charge in [-0.3, -0.25) is 4.79 Å². The second-order valence-corrected chi connectivity index (χ2v) is 11.3. The van der Waals surface area contributed by atoms with Crippen LogP contribution in [-0.2, 0) is 6.61 Å². The number of rotatable bonds is 8. The van der Waals surface area contributed by atoms with Gasteiger partial charge in [-0.2, -0.15) is 9.78 Å². The second-order valence-electron chi connectivity index (χ2n) is 9.25. The molecule has 0 aliphatic rings. The highest BCUT2D eigenvalue weighted by molar-refractivity contribution is 14.1. The van der Waals surface area contributed by atoms with E-state index in [4.69, 9.17) is 18.9 Å². The smallest absolute Gasteiger partial charge is 0.282 e. The molecule has 0 amide bonds. The highest BCUT2D eigenvalue weighted by Crippen LogP contribution is 2.35. The number of hydrogen-bond acceptors (Lipinski definition) is 6. The van der Waals surface area contributed by atoms with Gasteiger partial charge in [0, 0.05) is 15.4 Å². The van der Waals surface area contributed by atoms with Gasteiger partial charge in [-0.25, -0.2) is 9.37 Å². The largest absolute Gasteiger partial charge is 0.490 e. The summed E-state index contributed by atoms with van der Waals surface area (Å²) in [7, 11) is 0. The summed E-state index contributed by atoms with van der Waals surface area (Å²) >= 11 is 5.63. The summed E-state index contributed by atoms with van der Waals surface area (Å²) in [6.07, 6.45) is 1.56. The van der Waals surface area contributed by atoms with Crippen LogP contribution in [0.4, 0.5) is 4.39 Å². The normalized spacial score (nSPS) is 11.5. The SMILES string of the molecule is CCOc1cc(C=Nn2c(-c3cc4cc(Br)ccc4o3)nc3ccccc3c2=O)cc(I)c1OCc1ccccc1F. The van der Waals surface area contributed by atoms with Gasteiger partial charge >= 0.3 is 0 Å². The van der Waals surface area contributed by atoms with Crippen LogP contribution in [0.15, 0.2) is 104 Å². The molecular weight excluding hydrogens is 716 g/mol. The van der Waals surface area contributed by atoms with E-state index < -0.39 is 0 Å². The number of halogens is 3. The average molecular weight is 738 g/mol. The van der Waals surface area contributed by atoms with Crippen LogP contribution in [0, 0.1) is 9.39 Å². The Hall–Kier alpha value is -4.03. The predicted octanol–water partition coefficient (Wildman–Crippen LogP) is 8.18. The summed E-state index contributed by atoms with van der Waals surface area (Å²) in [5.74, 6) is 1.32. The van der Waals surface area contributed by atoms with Crippen molar-refractivity contribution in [3.8, 4) is 23.1 Å². The quantitative estimate of drug-likeness (QED) is 0.116. The second kappa shape index (κ2) is 12.1. The number of furan rings is 1. The van der Waals surface area contributed by atoms with Crippen molar-refractivity contribution in [2.75, 3.05) is 6.61 Å². The molecule has 0 aliphatic carbocycles. The maximum atomic E-state index is 14.2. The van der Waals surface area contributed by atoms with Crippen molar-refractivity contribution < 1.29 is 18.3 Å². The van der Waals surface area contributed by atoms with Crippen molar-refractivity contribution in [3.63, 3.8) is 0 Å². The summed E-state index contributed by atoms with van der Waals surface area (Å²) in [5.41, 5.74) is 1.97. The van der Waals surface area contributed by atoms with Crippen LogP contribution >= 0.6 is 38.5 Å². The first-order valence-electron chi connectivity index (χ1n) is 13.0. The zero-order valence-electron chi connectivity index (χ0n) is 22.2. The fraction of sp³-hybridized carbons (Fsp3) is 0.0938. The van der Waals surface area contributed by atoms with Crippen LogP contribution in [0.1, 0.15) is 18.1 Å². The lowest BCUT2D eigenvalue weighted by molar-refractivity contribution is 0.264. The monoisotopic (exact) mass is 737 g/mol. The molecule has 42 heavy (non-hydrogen) atoms. The van der Waals surface area contributed by atoms with E-state index in [2.05, 4.69) is 43.6 Å². The Morgan fingerprint density at radius 3 is 2.69 bits per heavy atom. The molecule has 0 saturated carbocycles. The van der Waals surface area contributed by atoms with Crippen molar-refractivity contribution >= 4 is 66.6 Å². The van der Waals surface area contributed by atoms with Crippen LogP contribution in [0.25, 0.3) is 33.5 Å². The Morgan fingerprint density at radius 1 is 1.05 bits per heavy atom. The number of para-hydroxylation sites is 1. The Bertz CT molecular complexity index is 2040.